The van der Waals surface area contributed by atoms with E-state index in [1.54, 1.807) is 13.0 Å². The van der Waals surface area contributed by atoms with Gasteiger partial charge >= 0.3 is 5.97 Å². The summed E-state index contributed by atoms with van der Waals surface area (Å²) in [7, 11) is 0. The van der Waals surface area contributed by atoms with Crippen LogP contribution in [0.4, 0.5) is 0 Å². The number of nitrogens with one attached hydrogen (secondary N) is 1. The lowest BCUT2D eigenvalue weighted by atomic mass is 10.2. The molecule has 3 aromatic rings. The Labute approximate surface area is 159 Å². The zero-order valence-corrected chi connectivity index (χ0v) is 15.3. The monoisotopic (exact) mass is 391 g/mol. The van der Waals surface area contributed by atoms with Gasteiger partial charge in [-0.25, -0.2) is 4.79 Å². The van der Waals surface area contributed by atoms with E-state index in [9.17, 15) is 9.59 Å². The average molecular weight is 392 g/mol. The van der Waals surface area contributed by atoms with Crippen LogP contribution in [0.3, 0.4) is 0 Å². The van der Waals surface area contributed by atoms with Gasteiger partial charge in [0.15, 0.2) is 6.61 Å². The minimum absolute atomic E-state index is 0.0361. The van der Waals surface area contributed by atoms with Crippen LogP contribution >= 0.6 is 23.2 Å². The second-order valence-electron chi connectivity index (χ2n) is 5.65. The summed E-state index contributed by atoms with van der Waals surface area (Å²) in [6.45, 7) is 1.33. The molecule has 1 amide bonds. The number of para-hydroxylation sites is 1. The highest BCUT2D eigenvalue weighted by molar-refractivity contribution is 6.39. The minimum Gasteiger partial charge on any atom is -0.459 e. The van der Waals surface area contributed by atoms with E-state index in [1.807, 2.05) is 30.3 Å². The van der Waals surface area contributed by atoms with Gasteiger partial charge in [0.05, 0.1) is 21.7 Å². The number of hydrogen-bond donors (Lipinski definition) is 1. The van der Waals surface area contributed by atoms with E-state index < -0.39 is 18.5 Å². The number of rotatable bonds is 5. The number of hydrogen-bond acceptors (Lipinski definition) is 4. The van der Waals surface area contributed by atoms with Crippen molar-refractivity contribution in [1.29, 1.82) is 0 Å². The van der Waals surface area contributed by atoms with Gasteiger partial charge in [0, 0.05) is 5.39 Å². The molecule has 0 saturated carbocycles. The largest absolute Gasteiger partial charge is 0.459 e. The maximum absolute atomic E-state index is 12.1. The lowest BCUT2D eigenvalue weighted by Crippen LogP contribution is -2.31. The SMILES string of the molecule is C[C@@H](NC(=O)COC(=O)c1c(Cl)cccc1Cl)c1cc2ccccc2o1. The van der Waals surface area contributed by atoms with Gasteiger partial charge in [-0.2, -0.15) is 0 Å². The summed E-state index contributed by atoms with van der Waals surface area (Å²) in [4.78, 5) is 24.1. The molecule has 0 aliphatic carbocycles. The fourth-order valence-electron chi connectivity index (χ4n) is 2.47. The van der Waals surface area contributed by atoms with E-state index in [4.69, 9.17) is 32.4 Å². The van der Waals surface area contributed by atoms with E-state index in [1.165, 1.54) is 12.1 Å². The van der Waals surface area contributed by atoms with Crippen LogP contribution in [0.5, 0.6) is 0 Å². The molecule has 0 unspecified atom stereocenters. The molecule has 1 aromatic heterocycles. The summed E-state index contributed by atoms with van der Waals surface area (Å²) in [6.07, 6.45) is 0. The molecule has 134 valence electrons. The Morgan fingerprint density at radius 2 is 1.81 bits per heavy atom. The summed E-state index contributed by atoms with van der Waals surface area (Å²) in [5.41, 5.74) is 0.775. The molecule has 1 N–H and O–H groups in total. The Morgan fingerprint density at radius 1 is 1.12 bits per heavy atom. The molecule has 26 heavy (non-hydrogen) atoms. The van der Waals surface area contributed by atoms with Gasteiger partial charge in [0.1, 0.15) is 11.3 Å². The van der Waals surface area contributed by atoms with E-state index in [-0.39, 0.29) is 21.7 Å². The summed E-state index contributed by atoms with van der Waals surface area (Å²) in [5.74, 6) is -0.610. The van der Waals surface area contributed by atoms with E-state index >= 15 is 0 Å². The Balaban J connectivity index is 1.59. The van der Waals surface area contributed by atoms with Crippen molar-refractivity contribution in [3.05, 3.63) is 69.9 Å². The van der Waals surface area contributed by atoms with Crippen LogP contribution in [0.2, 0.25) is 10.0 Å². The van der Waals surface area contributed by atoms with E-state index in [0.717, 1.165) is 11.0 Å². The maximum atomic E-state index is 12.1. The summed E-state index contributed by atoms with van der Waals surface area (Å²) < 4.78 is 10.7. The highest BCUT2D eigenvalue weighted by atomic mass is 35.5. The Morgan fingerprint density at radius 3 is 2.50 bits per heavy atom. The Kier molecular flexibility index (Phi) is 5.49. The van der Waals surface area contributed by atoms with Crippen LogP contribution in [0, 0.1) is 0 Å². The molecule has 0 aliphatic heterocycles. The minimum atomic E-state index is -0.757. The Bertz CT molecular complexity index is 914. The lowest BCUT2D eigenvalue weighted by Gasteiger charge is -2.12. The molecule has 0 spiro atoms. The van der Waals surface area contributed by atoms with Gasteiger partial charge in [-0.15, -0.1) is 0 Å². The van der Waals surface area contributed by atoms with Crippen molar-refractivity contribution in [2.24, 2.45) is 0 Å². The second kappa shape index (κ2) is 7.81. The van der Waals surface area contributed by atoms with Gasteiger partial charge in [0.2, 0.25) is 0 Å². The number of esters is 1. The molecule has 3 rings (SSSR count). The standard InChI is InChI=1S/C19H15Cl2NO4/c1-11(16-9-12-5-2-3-8-15(12)26-16)22-17(23)10-25-19(24)18-13(20)6-4-7-14(18)21/h2-9,11H,10H2,1H3,(H,22,23)/t11-/m1/s1. The van der Waals surface area contributed by atoms with Crippen molar-refractivity contribution in [3.8, 4) is 0 Å². The molecule has 0 bridgehead atoms. The predicted molar refractivity (Wildman–Crippen MR) is 99.5 cm³/mol. The van der Waals surface area contributed by atoms with Crippen LogP contribution in [0.15, 0.2) is 52.9 Å². The van der Waals surface area contributed by atoms with Gasteiger partial charge < -0.3 is 14.5 Å². The number of benzene rings is 2. The molecule has 2 aromatic carbocycles. The second-order valence-corrected chi connectivity index (χ2v) is 6.46. The lowest BCUT2D eigenvalue weighted by molar-refractivity contribution is -0.125. The number of ether oxygens (including phenoxy) is 1. The molecule has 0 radical (unpaired) electrons. The van der Waals surface area contributed by atoms with Crippen molar-refractivity contribution in [1.82, 2.24) is 5.32 Å². The highest BCUT2D eigenvalue weighted by Crippen LogP contribution is 2.25. The van der Waals surface area contributed by atoms with Crippen molar-refractivity contribution >= 4 is 46.0 Å². The zero-order valence-electron chi connectivity index (χ0n) is 13.8. The number of amides is 1. The fourth-order valence-corrected chi connectivity index (χ4v) is 3.02. The predicted octanol–water partition coefficient (Wildman–Crippen LogP) is 4.77. The molecule has 0 saturated heterocycles. The Hall–Kier alpha value is -2.50. The molecular formula is C19H15Cl2NO4. The third-order valence-electron chi connectivity index (χ3n) is 3.75. The highest BCUT2D eigenvalue weighted by Gasteiger charge is 2.19. The number of halogens is 2. The third-order valence-corrected chi connectivity index (χ3v) is 4.38. The molecule has 0 aliphatic rings. The molecule has 1 heterocycles. The smallest absolute Gasteiger partial charge is 0.341 e. The summed E-state index contributed by atoms with van der Waals surface area (Å²) >= 11 is 11.9. The van der Waals surface area contributed by atoms with Crippen molar-refractivity contribution < 1.29 is 18.7 Å². The van der Waals surface area contributed by atoms with Crippen LogP contribution in [-0.4, -0.2) is 18.5 Å². The molecular weight excluding hydrogens is 377 g/mol. The summed E-state index contributed by atoms with van der Waals surface area (Å²) in [5, 5.41) is 4.00. The third kappa shape index (κ3) is 4.00. The zero-order chi connectivity index (χ0) is 18.7. The molecule has 5 nitrogen and oxygen atoms in total. The molecule has 1 atom stereocenters. The van der Waals surface area contributed by atoms with Crippen LogP contribution in [0.25, 0.3) is 11.0 Å². The van der Waals surface area contributed by atoms with Gasteiger partial charge in [0.25, 0.3) is 5.91 Å². The first kappa shape index (κ1) is 18.3. The quantitative estimate of drug-likeness (QED) is 0.635. The van der Waals surface area contributed by atoms with Crippen LogP contribution < -0.4 is 5.32 Å². The first-order valence-electron chi connectivity index (χ1n) is 7.84. The van der Waals surface area contributed by atoms with Gasteiger partial charge in [-0.1, -0.05) is 47.5 Å². The first-order valence-corrected chi connectivity index (χ1v) is 8.60. The number of fused-ring (bicyclic) bond motifs is 1. The molecule has 0 fully saturated rings. The van der Waals surface area contributed by atoms with Crippen molar-refractivity contribution in [3.63, 3.8) is 0 Å². The van der Waals surface area contributed by atoms with Crippen LogP contribution in [-0.2, 0) is 9.53 Å². The van der Waals surface area contributed by atoms with Gasteiger partial charge in [-0.3, -0.25) is 4.79 Å². The van der Waals surface area contributed by atoms with Gasteiger partial charge in [-0.05, 0) is 31.2 Å². The van der Waals surface area contributed by atoms with E-state index in [2.05, 4.69) is 5.32 Å². The van der Waals surface area contributed by atoms with Crippen molar-refractivity contribution in [2.75, 3.05) is 6.61 Å². The first-order chi connectivity index (χ1) is 12.5. The van der Waals surface area contributed by atoms with Crippen molar-refractivity contribution in [2.45, 2.75) is 13.0 Å². The maximum Gasteiger partial charge on any atom is 0.341 e. The normalized spacial score (nSPS) is 12.0. The van der Waals surface area contributed by atoms with Crippen LogP contribution in [0.1, 0.15) is 29.1 Å². The number of furan rings is 1. The fraction of sp³-hybridized carbons (Fsp3) is 0.158. The average Bonchev–Trinajstić information content (AvgIpc) is 3.04. The molecule has 7 heteroatoms. The number of carbonyl (C=O) groups excluding carboxylic acids is 2. The summed E-state index contributed by atoms with van der Waals surface area (Å²) in [6, 6.07) is 13.7. The number of carbonyl (C=O) groups is 2. The van der Waals surface area contributed by atoms with E-state index in [0.29, 0.717) is 5.76 Å². The topological polar surface area (TPSA) is 68.5 Å².